The van der Waals surface area contributed by atoms with Crippen LogP contribution in [0.1, 0.15) is 34.1 Å². The molecule has 0 aromatic carbocycles. The monoisotopic (exact) mass is 254 g/mol. The summed E-state index contributed by atoms with van der Waals surface area (Å²) in [6.07, 6.45) is 12.3. The Hall–Kier alpha value is -0.900. The SMILES string of the molecule is C/C=C/COC(CC)(OC/C=C/C)OC/C=C/C. The lowest BCUT2D eigenvalue weighted by atomic mass is 10.4. The highest BCUT2D eigenvalue weighted by Gasteiger charge is 2.30. The lowest BCUT2D eigenvalue weighted by Gasteiger charge is -2.31. The van der Waals surface area contributed by atoms with E-state index in [1.165, 1.54) is 0 Å². The van der Waals surface area contributed by atoms with E-state index in [0.717, 1.165) is 0 Å². The highest BCUT2D eigenvalue weighted by atomic mass is 16.9. The van der Waals surface area contributed by atoms with Gasteiger partial charge in [-0.25, -0.2) is 0 Å². The van der Waals surface area contributed by atoms with Gasteiger partial charge in [0.25, 0.3) is 5.97 Å². The van der Waals surface area contributed by atoms with Gasteiger partial charge in [-0.15, -0.1) is 0 Å². The van der Waals surface area contributed by atoms with Gasteiger partial charge >= 0.3 is 0 Å². The Labute approximate surface area is 111 Å². The molecule has 0 saturated carbocycles. The van der Waals surface area contributed by atoms with E-state index in [0.29, 0.717) is 26.2 Å². The minimum Gasteiger partial charge on any atom is -0.323 e. The molecule has 0 unspecified atom stereocenters. The molecule has 18 heavy (non-hydrogen) atoms. The van der Waals surface area contributed by atoms with Gasteiger partial charge in [-0.1, -0.05) is 43.4 Å². The Balaban J connectivity index is 4.47. The maximum Gasteiger partial charge on any atom is 0.283 e. The van der Waals surface area contributed by atoms with E-state index in [1.54, 1.807) is 0 Å². The van der Waals surface area contributed by atoms with Crippen molar-refractivity contribution >= 4 is 0 Å². The van der Waals surface area contributed by atoms with Crippen molar-refractivity contribution in [3.63, 3.8) is 0 Å². The van der Waals surface area contributed by atoms with E-state index in [2.05, 4.69) is 0 Å². The molecule has 0 aliphatic rings. The normalized spacial score (nSPS) is 13.3. The average Bonchev–Trinajstić information content (AvgIpc) is 2.39. The van der Waals surface area contributed by atoms with Gasteiger partial charge in [0.05, 0.1) is 19.8 Å². The molecule has 0 N–H and O–H groups in total. The van der Waals surface area contributed by atoms with E-state index in [4.69, 9.17) is 14.2 Å². The van der Waals surface area contributed by atoms with Gasteiger partial charge in [0, 0.05) is 6.42 Å². The molecule has 0 radical (unpaired) electrons. The summed E-state index contributed by atoms with van der Waals surface area (Å²) in [5.74, 6) is -0.960. The van der Waals surface area contributed by atoms with Crippen molar-refractivity contribution in [1.82, 2.24) is 0 Å². The number of hydrogen-bond acceptors (Lipinski definition) is 3. The fourth-order valence-electron chi connectivity index (χ4n) is 1.25. The van der Waals surface area contributed by atoms with Crippen LogP contribution in [0.2, 0.25) is 0 Å². The molecule has 0 fully saturated rings. The van der Waals surface area contributed by atoms with Crippen LogP contribution in [0.3, 0.4) is 0 Å². The molecule has 0 saturated heterocycles. The van der Waals surface area contributed by atoms with Gasteiger partial charge in [0.2, 0.25) is 0 Å². The van der Waals surface area contributed by atoms with E-state index in [9.17, 15) is 0 Å². The Bertz CT molecular complexity index is 226. The standard InChI is InChI=1S/C15H26O3/c1-5-9-12-16-15(8-4,17-13-10-6-2)18-14-11-7-3/h5-7,9-11H,8,12-14H2,1-4H3/b9-5+,10-6+,11-7+. The minimum atomic E-state index is -0.960. The second kappa shape index (κ2) is 11.2. The van der Waals surface area contributed by atoms with Crippen molar-refractivity contribution in [3.05, 3.63) is 36.5 Å². The van der Waals surface area contributed by atoms with Crippen molar-refractivity contribution < 1.29 is 14.2 Å². The summed E-state index contributed by atoms with van der Waals surface area (Å²) in [6.45, 7) is 9.30. The smallest absolute Gasteiger partial charge is 0.283 e. The first-order valence-corrected chi connectivity index (χ1v) is 6.50. The Morgan fingerprint density at radius 2 is 1.06 bits per heavy atom. The lowest BCUT2D eigenvalue weighted by molar-refractivity contribution is -0.371. The minimum absolute atomic E-state index is 0.482. The zero-order valence-electron chi connectivity index (χ0n) is 12.0. The molecule has 104 valence electrons. The van der Waals surface area contributed by atoms with Gasteiger partial charge in [0.15, 0.2) is 0 Å². The van der Waals surface area contributed by atoms with E-state index >= 15 is 0 Å². The van der Waals surface area contributed by atoms with Gasteiger partial charge in [0.1, 0.15) is 0 Å². The number of hydrogen-bond donors (Lipinski definition) is 0. The van der Waals surface area contributed by atoms with Crippen LogP contribution in [-0.4, -0.2) is 25.8 Å². The highest BCUT2D eigenvalue weighted by molar-refractivity contribution is 4.80. The van der Waals surface area contributed by atoms with Gasteiger partial charge in [-0.3, -0.25) is 0 Å². The van der Waals surface area contributed by atoms with Gasteiger partial charge < -0.3 is 14.2 Å². The topological polar surface area (TPSA) is 27.7 Å². The molecule has 3 nitrogen and oxygen atoms in total. The van der Waals surface area contributed by atoms with Crippen LogP contribution < -0.4 is 0 Å². The van der Waals surface area contributed by atoms with Crippen LogP contribution in [0.5, 0.6) is 0 Å². The predicted molar refractivity (Wildman–Crippen MR) is 75.3 cm³/mol. The van der Waals surface area contributed by atoms with E-state index in [-0.39, 0.29) is 0 Å². The molecule has 0 aromatic rings. The van der Waals surface area contributed by atoms with Crippen LogP contribution in [0.4, 0.5) is 0 Å². The lowest BCUT2D eigenvalue weighted by Crippen LogP contribution is -2.39. The summed E-state index contributed by atoms with van der Waals surface area (Å²) in [6, 6.07) is 0. The predicted octanol–water partition coefficient (Wildman–Crippen LogP) is 3.83. The van der Waals surface area contributed by atoms with Crippen LogP contribution in [0.15, 0.2) is 36.5 Å². The third-order valence-corrected chi connectivity index (χ3v) is 2.34. The molecule has 0 heterocycles. The second-order valence-corrected chi connectivity index (χ2v) is 3.68. The quantitative estimate of drug-likeness (QED) is 0.438. The van der Waals surface area contributed by atoms with Crippen molar-refractivity contribution in [1.29, 1.82) is 0 Å². The Morgan fingerprint density at radius 3 is 1.28 bits per heavy atom. The molecule has 3 heteroatoms. The molecular formula is C15H26O3. The van der Waals surface area contributed by atoms with Crippen LogP contribution >= 0.6 is 0 Å². The van der Waals surface area contributed by atoms with E-state index in [1.807, 2.05) is 64.2 Å². The van der Waals surface area contributed by atoms with Gasteiger partial charge in [-0.05, 0) is 20.8 Å². The summed E-state index contributed by atoms with van der Waals surface area (Å²) >= 11 is 0. The molecule has 0 rings (SSSR count). The Kier molecular flexibility index (Phi) is 10.6. The maximum absolute atomic E-state index is 5.71. The molecule has 0 aliphatic heterocycles. The summed E-state index contributed by atoms with van der Waals surface area (Å²) in [5.41, 5.74) is 0. The number of ether oxygens (including phenoxy) is 3. The van der Waals surface area contributed by atoms with E-state index < -0.39 is 5.97 Å². The third kappa shape index (κ3) is 7.43. The first-order valence-electron chi connectivity index (χ1n) is 6.50. The fourth-order valence-corrected chi connectivity index (χ4v) is 1.25. The first kappa shape index (κ1) is 17.1. The van der Waals surface area contributed by atoms with Crippen LogP contribution in [0.25, 0.3) is 0 Å². The van der Waals surface area contributed by atoms with Gasteiger partial charge in [-0.2, -0.15) is 0 Å². The van der Waals surface area contributed by atoms with Crippen molar-refractivity contribution in [2.24, 2.45) is 0 Å². The largest absolute Gasteiger partial charge is 0.323 e. The van der Waals surface area contributed by atoms with Crippen molar-refractivity contribution in [2.45, 2.75) is 40.1 Å². The second-order valence-electron chi connectivity index (χ2n) is 3.68. The molecule has 0 atom stereocenters. The first-order chi connectivity index (χ1) is 8.74. The molecule has 0 bridgehead atoms. The fraction of sp³-hybridized carbons (Fsp3) is 0.600. The van der Waals surface area contributed by atoms with Crippen LogP contribution in [0, 0.1) is 0 Å². The molecular weight excluding hydrogens is 228 g/mol. The third-order valence-electron chi connectivity index (χ3n) is 2.34. The molecule has 0 amide bonds. The summed E-state index contributed by atoms with van der Waals surface area (Å²) in [5, 5.41) is 0. The van der Waals surface area contributed by atoms with Crippen molar-refractivity contribution in [3.8, 4) is 0 Å². The highest BCUT2D eigenvalue weighted by Crippen LogP contribution is 2.20. The Morgan fingerprint density at radius 1 is 0.722 bits per heavy atom. The average molecular weight is 254 g/mol. The number of allylic oxidation sites excluding steroid dienone is 3. The number of rotatable bonds is 10. The summed E-state index contributed by atoms with van der Waals surface area (Å²) in [4.78, 5) is 0. The molecule has 0 aliphatic carbocycles. The molecule has 0 aromatic heterocycles. The summed E-state index contributed by atoms with van der Waals surface area (Å²) in [7, 11) is 0. The van der Waals surface area contributed by atoms with Crippen molar-refractivity contribution in [2.75, 3.05) is 19.8 Å². The van der Waals surface area contributed by atoms with Crippen LogP contribution in [-0.2, 0) is 14.2 Å². The maximum atomic E-state index is 5.71. The zero-order valence-corrected chi connectivity index (χ0v) is 12.0. The summed E-state index contributed by atoms with van der Waals surface area (Å²) < 4.78 is 17.1. The molecule has 0 spiro atoms. The zero-order chi connectivity index (χ0) is 13.7.